The van der Waals surface area contributed by atoms with Gasteiger partial charge in [0.15, 0.2) is 9.84 Å². The van der Waals surface area contributed by atoms with Gasteiger partial charge in [-0.15, -0.1) is 11.3 Å². The summed E-state index contributed by atoms with van der Waals surface area (Å²) in [5.74, 6) is 0. The lowest BCUT2D eigenvalue weighted by atomic mass is 10.5. The molecule has 0 aromatic carbocycles. The van der Waals surface area contributed by atoms with Crippen molar-refractivity contribution >= 4 is 21.2 Å². The van der Waals surface area contributed by atoms with Crippen LogP contribution >= 0.6 is 11.3 Å². The van der Waals surface area contributed by atoms with E-state index in [-0.39, 0.29) is 0 Å². The summed E-state index contributed by atoms with van der Waals surface area (Å²) in [4.78, 5) is 5.06. The minimum absolute atomic E-state index is 0.476. The molecular formula is C7H11NO2S2. The van der Waals surface area contributed by atoms with Gasteiger partial charge in [0.25, 0.3) is 0 Å². The number of hydrogen-bond acceptors (Lipinski definition) is 4. The Hall–Kier alpha value is -0.420. The van der Waals surface area contributed by atoms with Crippen LogP contribution in [0.15, 0.2) is 6.20 Å². The summed E-state index contributed by atoms with van der Waals surface area (Å²) in [6.45, 7) is 3.57. The zero-order valence-corrected chi connectivity index (χ0v) is 8.87. The molecule has 68 valence electrons. The minimum atomic E-state index is -2.99. The maximum absolute atomic E-state index is 11.1. The van der Waals surface area contributed by atoms with E-state index in [0.29, 0.717) is 5.01 Å². The maximum atomic E-state index is 11.1. The van der Waals surface area contributed by atoms with Crippen molar-refractivity contribution < 1.29 is 8.42 Å². The van der Waals surface area contributed by atoms with Gasteiger partial charge in [0.05, 0.1) is 0 Å². The van der Waals surface area contributed by atoms with Crippen LogP contribution in [0.1, 0.15) is 22.1 Å². The number of sulfone groups is 1. The molecule has 1 aromatic rings. The number of aryl methyl sites for hydroxylation is 1. The zero-order chi connectivity index (χ0) is 9.35. The molecule has 0 saturated heterocycles. The second kappa shape index (κ2) is 3.14. The van der Waals surface area contributed by atoms with Gasteiger partial charge in [-0.3, -0.25) is 0 Å². The molecule has 1 rings (SSSR count). The molecule has 0 saturated carbocycles. The summed E-state index contributed by atoms with van der Waals surface area (Å²) < 4.78 is 22.2. The Bertz CT molecular complexity index is 367. The summed E-state index contributed by atoms with van der Waals surface area (Å²) in [5, 5.41) is 0.200. The first kappa shape index (κ1) is 9.67. The number of rotatable bonds is 2. The van der Waals surface area contributed by atoms with E-state index in [4.69, 9.17) is 0 Å². The standard InChI is InChI=1S/C7H11NO2S2/c1-5-4-8-7(11-5)6(2)12(3,9)10/h4,6H,1-3H3. The molecule has 0 bridgehead atoms. The normalized spacial score (nSPS) is 14.6. The highest BCUT2D eigenvalue weighted by atomic mass is 32.2. The van der Waals surface area contributed by atoms with Crippen LogP contribution in [0.3, 0.4) is 0 Å². The van der Waals surface area contributed by atoms with Crippen molar-refractivity contribution in [1.82, 2.24) is 4.98 Å². The van der Waals surface area contributed by atoms with E-state index in [0.717, 1.165) is 4.88 Å². The van der Waals surface area contributed by atoms with E-state index in [1.807, 2.05) is 6.92 Å². The van der Waals surface area contributed by atoms with Gasteiger partial charge in [0.1, 0.15) is 10.3 Å². The monoisotopic (exact) mass is 205 g/mol. The van der Waals surface area contributed by atoms with Crippen LogP contribution < -0.4 is 0 Å². The Kier molecular flexibility index (Phi) is 2.53. The quantitative estimate of drug-likeness (QED) is 0.736. The Morgan fingerprint density at radius 2 is 2.17 bits per heavy atom. The third kappa shape index (κ3) is 2.04. The van der Waals surface area contributed by atoms with E-state index in [9.17, 15) is 8.42 Å². The van der Waals surface area contributed by atoms with Crippen molar-refractivity contribution in [3.8, 4) is 0 Å². The average molecular weight is 205 g/mol. The van der Waals surface area contributed by atoms with Gasteiger partial charge in [-0.25, -0.2) is 13.4 Å². The Morgan fingerprint density at radius 3 is 2.50 bits per heavy atom. The molecule has 0 aliphatic carbocycles. The Labute approximate surface area is 76.4 Å². The van der Waals surface area contributed by atoms with Crippen LogP contribution in [-0.2, 0) is 9.84 Å². The highest BCUT2D eigenvalue weighted by Gasteiger charge is 2.19. The maximum Gasteiger partial charge on any atom is 0.156 e. The molecule has 12 heavy (non-hydrogen) atoms. The summed E-state index contributed by atoms with van der Waals surface area (Å²) in [6.07, 6.45) is 2.93. The van der Waals surface area contributed by atoms with Crippen LogP contribution in [0.2, 0.25) is 0 Å². The number of hydrogen-bond donors (Lipinski definition) is 0. The summed E-state index contributed by atoms with van der Waals surface area (Å²) in [6, 6.07) is 0. The van der Waals surface area contributed by atoms with Gasteiger partial charge < -0.3 is 0 Å². The molecule has 0 N–H and O–H groups in total. The Morgan fingerprint density at radius 1 is 1.58 bits per heavy atom. The van der Waals surface area contributed by atoms with Gasteiger partial charge in [-0.1, -0.05) is 0 Å². The van der Waals surface area contributed by atoms with Crippen molar-refractivity contribution in [1.29, 1.82) is 0 Å². The minimum Gasteiger partial charge on any atom is -0.248 e. The van der Waals surface area contributed by atoms with Gasteiger partial charge in [-0.2, -0.15) is 0 Å². The van der Waals surface area contributed by atoms with Crippen molar-refractivity contribution in [3.05, 3.63) is 16.1 Å². The molecule has 0 fully saturated rings. The fraction of sp³-hybridized carbons (Fsp3) is 0.571. The van der Waals surface area contributed by atoms with Gasteiger partial charge in [0, 0.05) is 17.3 Å². The Balaban J connectivity index is 3.01. The smallest absolute Gasteiger partial charge is 0.156 e. The first-order chi connectivity index (χ1) is 5.41. The van der Waals surface area contributed by atoms with Crippen molar-refractivity contribution in [2.45, 2.75) is 19.1 Å². The van der Waals surface area contributed by atoms with E-state index in [2.05, 4.69) is 4.98 Å². The third-order valence-electron chi connectivity index (χ3n) is 1.63. The molecule has 1 atom stereocenters. The topological polar surface area (TPSA) is 47.0 Å². The van der Waals surface area contributed by atoms with Crippen molar-refractivity contribution in [2.75, 3.05) is 6.26 Å². The highest BCUT2D eigenvalue weighted by molar-refractivity contribution is 7.91. The molecule has 0 radical (unpaired) electrons. The summed E-state index contributed by atoms with van der Waals surface area (Å²) in [7, 11) is -2.99. The number of thiazole rings is 1. The van der Waals surface area contributed by atoms with E-state index in [1.165, 1.54) is 17.6 Å². The van der Waals surface area contributed by atoms with E-state index >= 15 is 0 Å². The fourth-order valence-corrected chi connectivity index (χ4v) is 2.55. The molecule has 0 spiro atoms. The van der Waals surface area contributed by atoms with Gasteiger partial charge in [-0.05, 0) is 13.8 Å². The second-order valence-corrected chi connectivity index (χ2v) is 6.41. The average Bonchev–Trinajstić information content (AvgIpc) is 2.32. The molecule has 1 unspecified atom stereocenters. The van der Waals surface area contributed by atoms with Gasteiger partial charge >= 0.3 is 0 Å². The zero-order valence-electron chi connectivity index (χ0n) is 7.23. The number of nitrogens with zero attached hydrogens (tertiary/aromatic N) is 1. The molecule has 1 heterocycles. The van der Waals surface area contributed by atoms with Crippen LogP contribution in [0.4, 0.5) is 0 Å². The summed E-state index contributed by atoms with van der Waals surface area (Å²) >= 11 is 1.43. The molecule has 0 aliphatic rings. The lowest BCUT2D eigenvalue weighted by molar-refractivity contribution is 0.592. The second-order valence-electron chi connectivity index (χ2n) is 2.78. The first-order valence-corrected chi connectivity index (χ1v) is 6.29. The van der Waals surface area contributed by atoms with Crippen molar-refractivity contribution in [3.63, 3.8) is 0 Å². The lowest BCUT2D eigenvalue weighted by Gasteiger charge is -2.03. The van der Waals surface area contributed by atoms with Gasteiger partial charge in [0.2, 0.25) is 0 Å². The van der Waals surface area contributed by atoms with E-state index in [1.54, 1.807) is 13.1 Å². The molecule has 3 nitrogen and oxygen atoms in total. The number of aromatic nitrogens is 1. The highest BCUT2D eigenvalue weighted by Crippen LogP contribution is 2.24. The first-order valence-electron chi connectivity index (χ1n) is 3.52. The molecule has 1 aromatic heterocycles. The molecule has 0 amide bonds. The predicted molar refractivity (Wildman–Crippen MR) is 50.1 cm³/mol. The SMILES string of the molecule is Cc1cnc(C(C)S(C)(=O)=O)s1. The predicted octanol–water partition coefficient (Wildman–Crippen LogP) is 1.56. The van der Waals surface area contributed by atoms with Crippen LogP contribution in [-0.4, -0.2) is 19.7 Å². The fourth-order valence-electron chi connectivity index (χ4n) is 0.743. The van der Waals surface area contributed by atoms with Crippen molar-refractivity contribution in [2.24, 2.45) is 0 Å². The van der Waals surface area contributed by atoms with E-state index < -0.39 is 15.1 Å². The largest absolute Gasteiger partial charge is 0.248 e. The summed E-state index contributed by atoms with van der Waals surface area (Å²) in [5.41, 5.74) is 0. The molecular weight excluding hydrogens is 194 g/mol. The van der Waals surface area contributed by atoms with Crippen LogP contribution in [0, 0.1) is 6.92 Å². The molecule has 0 aliphatic heterocycles. The van der Waals surface area contributed by atoms with Crippen LogP contribution in [0.25, 0.3) is 0 Å². The molecule has 5 heteroatoms. The lowest BCUT2D eigenvalue weighted by Crippen LogP contribution is -2.06. The van der Waals surface area contributed by atoms with Crippen LogP contribution in [0.5, 0.6) is 0 Å². The third-order valence-corrected chi connectivity index (χ3v) is 4.38.